The Balaban J connectivity index is 0.909. The van der Waals surface area contributed by atoms with Crippen molar-refractivity contribution in [2.24, 2.45) is 69.5 Å². The number of nitrogens with one attached hydrogen (secondary N) is 1. The molecule has 11 aliphatic rings. The molecule has 10 fully saturated rings. The highest BCUT2D eigenvalue weighted by Gasteiger charge is 2.93. The Morgan fingerprint density at radius 1 is 0.901 bits per heavy atom. The van der Waals surface area contributed by atoms with Gasteiger partial charge in [0.1, 0.15) is 30.2 Å². The average Bonchev–Trinajstić information content (AvgIpc) is 3.67. The molecule has 384 valence electrons. The van der Waals surface area contributed by atoms with E-state index in [9.17, 15) is 20.1 Å². The van der Waals surface area contributed by atoms with Crippen LogP contribution >= 0.6 is 0 Å². The van der Waals surface area contributed by atoms with E-state index >= 15 is 9.59 Å². The van der Waals surface area contributed by atoms with Gasteiger partial charge in [0.25, 0.3) is 0 Å². The van der Waals surface area contributed by atoms with E-state index in [1.165, 1.54) is 5.56 Å². The zero-order valence-electron chi connectivity index (χ0n) is 41.8. The lowest BCUT2D eigenvalue weighted by atomic mass is 9.32. The van der Waals surface area contributed by atoms with Crippen LogP contribution in [0, 0.1) is 69.5 Å². The van der Waals surface area contributed by atoms with Crippen molar-refractivity contribution in [2.75, 3.05) is 26.4 Å². The summed E-state index contributed by atoms with van der Waals surface area (Å²) in [5, 5.41) is 39.7. The van der Waals surface area contributed by atoms with Crippen molar-refractivity contribution in [1.29, 1.82) is 0 Å². The van der Waals surface area contributed by atoms with Crippen LogP contribution in [0.3, 0.4) is 0 Å². The van der Waals surface area contributed by atoms with Gasteiger partial charge in [-0.3, -0.25) is 14.9 Å². The number of epoxide rings is 1. The van der Waals surface area contributed by atoms with Crippen molar-refractivity contribution < 1.29 is 53.1 Å². The van der Waals surface area contributed by atoms with Gasteiger partial charge in [-0.1, -0.05) is 75.4 Å². The van der Waals surface area contributed by atoms with Crippen molar-refractivity contribution in [3.05, 3.63) is 71.8 Å². The number of aliphatic hydroxyl groups is 3. The largest absolute Gasteiger partial charge is 0.469 e. The van der Waals surface area contributed by atoms with Crippen molar-refractivity contribution in [2.45, 2.75) is 171 Å². The monoisotopic (exact) mass is 977 g/mol. The van der Waals surface area contributed by atoms with E-state index < -0.39 is 69.9 Å². The summed E-state index contributed by atoms with van der Waals surface area (Å²) < 4.78 is 34.0. The maximum Gasteiger partial charge on any atom is 0.339 e. The molecule has 0 radical (unpaired) electrons. The van der Waals surface area contributed by atoms with Gasteiger partial charge >= 0.3 is 11.9 Å². The number of nitrogens with zero attached hydrogens (tertiary/aromatic N) is 1. The molecule has 6 aliphatic heterocycles. The lowest BCUT2D eigenvalue weighted by Gasteiger charge is -2.70. The first-order valence-corrected chi connectivity index (χ1v) is 27.9. The number of ketones is 1. The van der Waals surface area contributed by atoms with Gasteiger partial charge in [-0.05, 0) is 136 Å². The first kappa shape index (κ1) is 47.1. The lowest BCUT2D eigenvalue weighted by Crippen LogP contribution is -2.79. The number of esters is 2. The Morgan fingerprint density at radius 3 is 2.54 bits per heavy atom. The van der Waals surface area contributed by atoms with E-state index in [0.717, 1.165) is 96.7 Å². The third-order valence-electron chi connectivity index (χ3n) is 22.4. The molecule has 13 heteroatoms. The second kappa shape index (κ2) is 17.2. The Hall–Kier alpha value is -3.59. The molecule has 5 saturated heterocycles. The standard InChI is InChI=1S/C58H76N2O11/c1-54-21-18-45-56-31-68-47(63)28-46(56)70-55(2,37-13-7-4-8-14-37)49(56)48(64)50(65)57(45,38-15-9-12-34(25-38)24-33-10-5-3-6-11-33)58(54)52(71-58)53(66)69-51(54)40-20-23-67-44(40)27-41(43(62)30-61)35-16-17-39-36(26-35)19-22-60-32-59-29-42(39)60/h3,5-6,10-11,19-20,22-23,34-39,41-43,45-46,49-52,59,61-62,65H,4,7-9,12-18,21,24-32H2,1-2H3/t34-,35-,36+,38-,39-,41-,42+,43+,45+,46-,49+,50+,51-,52+,54-,55+,56-,57-,58+/m0/s1. The molecule has 5 saturated carbocycles. The zero-order chi connectivity index (χ0) is 48.7. The number of rotatable bonds is 10. The molecule has 1 aromatic heterocycles. The van der Waals surface area contributed by atoms with Crippen LogP contribution in [0.2, 0.25) is 0 Å². The number of aliphatic hydroxyl groups excluding tert-OH is 3. The van der Waals surface area contributed by atoms with E-state index in [1.54, 1.807) is 6.26 Å². The normalized spacial score (nSPS) is 46.5. The van der Waals surface area contributed by atoms with Crippen LogP contribution in [0.15, 0.2) is 59.4 Å². The molecule has 2 aromatic rings. The molecule has 4 N–H and O–H groups in total. The number of hydrogen-bond acceptors (Lipinski definition) is 13. The van der Waals surface area contributed by atoms with Gasteiger partial charge < -0.3 is 43.6 Å². The fourth-order valence-electron chi connectivity index (χ4n) is 19.5. The molecule has 1 aromatic carbocycles. The summed E-state index contributed by atoms with van der Waals surface area (Å²) in [4.78, 5) is 47.2. The second-order valence-corrected chi connectivity index (χ2v) is 25.1. The van der Waals surface area contributed by atoms with Crippen LogP contribution < -0.4 is 5.32 Å². The summed E-state index contributed by atoms with van der Waals surface area (Å²) in [7, 11) is 0. The molecule has 2 spiro atoms. The maximum atomic E-state index is 16.3. The van der Waals surface area contributed by atoms with E-state index in [2.05, 4.69) is 60.6 Å². The SMILES string of the molecule is C[C@@]12CC[C@@H]3[C@@]45COC(=O)C[C@@H]4O[C@](C)(C4CCCCC4)[C@H]5C(=O)[C@@H](O)[C@@]3([C@H]3CCC[C@@H](Cc4ccccc4)C3)[C@]13O[C@@H]3C(=O)O[C@H]2c1ccoc1C[C@@H]([C@H]1CC[C@H]2[C@H](C=CN3CNC[C@H]23)C1)[C@H](O)CO. The number of carbonyl (C=O) groups excluding carboxylic acids is 3. The molecule has 13 nitrogen and oxygen atoms in total. The highest BCUT2D eigenvalue weighted by Crippen LogP contribution is 2.83. The van der Waals surface area contributed by atoms with E-state index in [1.807, 2.05) is 12.1 Å². The minimum absolute atomic E-state index is 0.0364. The molecule has 0 unspecified atom stereocenters. The van der Waals surface area contributed by atoms with Gasteiger partial charge in [-0.2, -0.15) is 0 Å². The molecular formula is C58H76N2O11. The Labute approximate surface area is 418 Å². The van der Waals surface area contributed by atoms with Crippen LogP contribution in [-0.4, -0.2) is 106 Å². The van der Waals surface area contributed by atoms with Crippen molar-refractivity contribution >= 4 is 17.7 Å². The molecule has 5 aliphatic carbocycles. The highest BCUT2D eigenvalue weighted by molar-refractivity contribution is 5.92. The summed E-state index contributed by atoms with van der Waals surface area (Å²) in [6, 6.07) is 12.9. The number of carbonyl (C=O) groups is 3. The van der Waals surface area contributed by atoms with Gasteiger partial charge in [0.05, 0.1) is 49.7 Å². The molecule has 0 bridgehead atoms. The zero-order valence-corrected chi connectivity index (χ0v) is 41.8. The summed E-state index contributed by atoms with van der Waals surface area (Å²) in [6.45, 7) is 5.77. The van der Waals surface area contributed by atoms with Crippen LogP contribution in [0.1, 0.15) is 133 Å². The van der Waals surface area contributed by atoms with Gasteiger partial charge in [-0.25, -0.2) is 4.79 Å². The Bertz CT molecular complexity index is 2420. The number of Topliss-reactive ketones (excluding diaryl/α,β-unsaturated/α-hetero) is 1. The molecule has 19 atom stereocenters. The fraction of sp³-hybridized carbons (Fsp3) is 0.741. The first-order chi connectivity index (χ1) is 34.4. The third kappa shape index (κ3) is 6.59. The summed E-state index contributed by atoms with van der Waals surface area (Å²) in [5.74, 6) is -0.623. The molecule has 7 heterocycles. The number of benzene rings is 1. The quantitative estimate of drug-likeness (QED) is 0.141. The molecule has 13 rings (SSSR count). The maximum absolute atomic E-state index is 16.3. The molecular weight excluding hydrogens is 901 g/mol. The van der Waals surface area contributed by atoms with Crippen LogP contribution in [0.25, 0.3) is 0 Å². The van der Waals surface area contributed by atoms with Gasteiger partial charge in [0.15, 0.2) is 11.9 Å². The predicted octanol–water partition coefficient (Wildman–Crippen LogP) is 7.00. The minimum Gasteiger partial charge on any atom is -0.469 e. The highest BCUT2D eigenvalue weighted by atomic mass is 16.7. The third-order valence-corrected chi connectivity index (χ3v) is 22.4. The summed E-state index contributed by atoms with van der Waals surface area (Å²) in [5.41, 5.74) is -3.34. The number of ether oxygens (including phenoxy) is 4. The smallest absolute Gasteiger partial charge is 0.339 e. The van der Waals surface area contributed by atoms with Crippen molar-refractivity contribution in [3.8, 4) is 0 Å². The Morgan fingerprint density at radius 2 is 1.72 bits per heavy atom. The van der Waals surface area contributed by atoms with Crippen LogP contribution in [0.5, 0.6) is 0 Å². The predicted molar refractivity (Wildman–Crippen MR) is 259 cm³/mol. The van der Waals surface area contributed by atoms with E-state index in [-0.39, 0.29) is 66.9 Å². The average molecular weight is 977 g/mol. The lowest BCUT2D eigenvalue weighted by molar-refractivity contribution is -0.277. The van der Waals surface area contributed by atoms with Crippen LogP contribution in [-0.2, 0) is 46.2 Å². The number of furan rings is 1. The molecule has 0 amide bonds. The van der Waals surface area contributed by atoms with Crippen molar-refractivity contribution in [1.82, 2.24) is 10.2 Å². The number of cyclic esters (lactones) is 2. The number of fused-ring (bicyclic) bond motifs is 4. The summed E-state index contributed by atoms with van der Waals surface area (Å²) >= 11 is 0. The Kier molecular flexibility index (Phi) is 11.4. The minimum atomic E-state index is -1.47. The molecule has 71 heavy (non-hydrogen) atoms. The van der Waals surface area contributed by atoms with E-state index in [4.69, 9.17) is 23.4 Å². The first-order valence-electron chi connectivity index (χ1n) is 27.9. The number of allylic oxidation sites excluding steroid dienone is 1. The number of hydrogen-bond donors (Lipinski definition) is 4. The summed E-state index contributed by atoms with van der Waals surface area (Å²) in [6.07, 6.45) is 15.1. The fourth-order valence-corrected chi connectivity index (χ4v) is 19.5. The van der Waals surface area contributed by atoms with E-state index in [0.29, 0.717) is 48.5 Å². The van der Waals surface area contributed by atoms with Gasteiger partial charge in [0, 0.05) is 40.8 Å². The van der Waals surface area contributed by atoms with Gasteiger partial charge in [0.2, 0.25) is 0 Å². The second-order valence-electron chi connectivity index (χ2n) is 25.1. The van der Waals surface area contributed by atoms with Crippen molar-refractivity contribution in [3.63, 3.8) is 0 Å². The van der Waals surface area contributed by atoms with Gasteiger partial charge in [-0.15, -0.1) is 0 Å². The topological polar surface area (TPSA) is 181 Å². The van der Waals surface area contributed by atoms with Crippen LogP contribution in [0.4, 0.5) is 0 Å².